The lowest BCUT2D eigenvalue weighted by Crippen LogP contribution is -2.43. The average Bonchev–Trinajstić information content (AvgIpc) is 2.61. The van der Waals surface area contributed by atoms with Crippen molar-refractivity contribution < 1.29 is 14.4 Å². The Morgan fingerprint density at radius 3 is 2.64 bits per heavy atom. The molecule has 22 heavy (non-hydrogen) atoms. The molecule has 2 N–H and O–H groups in total. The molecule has 7 heteroatoms. The SMILES string of the molecule is C[C@H](NC(=O)CN1C(=O)NC(C)(C)C1=O)c1cccc(Cl)c1. The molecule has 0 spiro atoms. The van der Waals surface area contributed by atoms with Crippen molar-refractivity contribution in [2.75, 3.05) is 6.54 Å². The lowest BCUT2D eigenvalue weighted by Gasteiger charge is -2.18. The van der Waals surface area contributed by atoms with Crippen molar-refractivity contribution >= 4 is 29.4 Å². The minimum Gasteiger partial charge on any atom is -0.348 e. The summed E-state index contributed by atoms with van der Waals surface area (Å²) in [6, 6.07) is 6.30. The smallest absolute Gasteiger partial charge is 0.325 e. The number of amides is 4. The quantitative estimate of drug-likeness (QED) is 0.830. The number of imide groups is 1. The molecular weight excluding hydrogens is 306 g/mol. The minimum atomic E-state index is -0.976. The summed E-state index contributed by atoms with van der Waals surface area (Å²) in [6.07, 6.45) is 0. The van der Waals surface area contributed by atoms with Gasteiger partial charge >= 0.3 is 6.03 Å². The standard InChI is InChI=1S/C15H18ClN3O3/c1-9(10-5-4-6-11(16)7-10)17-12(20)8-19-13(21)15(2,3)18-14(19)22/h4-7,9H,8H2,1-3H3,(H,17,20)(H,18,22)/t9-/m0/s1. The topological polar surface area (TPSA) is 78.5 Å². The second-order valence-corrected chi connectivity index (χ2v) is 6.23. The predicted octanol–water partition coefficient (Wildman–Crippen LogP) is 1.85. The number of rotatable bonds is 4. The molecule has 1 saturated heterocycles. The molecule has 118 valence electrons. The van der Waals surface area contributed by atoms with Crippen LogP contribution in [0.4, 0.5) is 4.79 Å². The van der Waals surface area contributed by atoms with Crippen molar-refractivity contribution in [2.24, 2.45) is 0 Å². The monoisotopic (exact) mass is 323 g/mol. The van der Waals surface area contributed by atoms with Gasteiger partial charge in [-0.25, -0.2) is 4.79 Å². The van der Waals surface area contributed by atoms with E-state index in [2.05, 4.69) is 10.6 Å². The van der Waals surface area contributed by atoms with Gasteiger partial charge in [0.05, 0.1) is 6.04 Å². The number of carbonyl (C=O) groups is 3. The zero-order valence-electron chi connectivity index (χ0n) is 12.6. The molecule has 1 fully saturated rings. The third-order valence-corrected chi connectivity index (χ3v) is 3.71. The Morgan fingerprint density at radius 2 is 2.09 bits per heavy atom. The van der Waals surface area contributed by atoms with E-state index < -0.39 is 23.4 Å². The maximum atomic E-state index is 12.1. The van der Waals surface area contributed by atoms with Gasteiger partial charge in [0.1, 0.15) is 12.1 Å². The van der Waals surface area contributed by atoms with E-state index in [0.717, 1.165) is 10.5 Å². The molecule has 1 aromatic rings. The summed E-state index contributed by atoms with van der Waals surface area (Å²) < 4.78 is 0. The summed E-state index contributed by atoms with van der Waals surface area (Å²) >= 11 is 5.91. The van der Waals surface area contributed by atoms with Crippen molar-refractivity contribution in [1.82, 2.24) is 15.5 Å². The number of hydrogen-bond acceptors (Lipinski definition) is 3. The lowest BCUT2D eigenvalue weighted by molar-refractivity contribution is -0.134. The summed E-state index contributed by atoms with van der Waals surface area (Å²) in [5.74, 6) is -0.822. The van der Waals surface area contributed by atoms with Crippen LogP contribution in [0.3, 0.4) is 0 Å². The molecule has 0 saturated carbocycles. The average molecular weight is 324 g/mol. The van der Waals surface area contributed by atoms with E-state index in [4.69, 9.17) is 11.6 Å². The first-order valence-electron chi connectivity index (χ1n) is 6.89. The number of halogens is 1. The molecule has 1 aromatic carbocycles. The predicted molar refractivity (Wildman–Crippen MR) is 82.3 cm³/mol. The van der Waals surface area contributed by atoms with Crippen LogP contribution < -0.4 is 10.6 Å². The minimum absolute atomic E-state index is 0.278. The van der Waals surface area contributed by atoms with Crippen molar-refractivity contribution in [3.05, 3.63) is 34.9 Å². The maximum Gasteiger partial charge on any atom is 0.325 e. The molecule has 0 aromatic heterocycles. The molecule has 1 aliphatic rings. The normalized spacial score (nSPS) is 18.1. The van der Waals surface area contributed by atoms with E-state index in [1.54, 1.807) is 39.0 Å². The molecule has 0 aliphatic carbocycles. The highest BCUT2D eigenvalue weighted by Gasteiger charge is 2.44. The molecule has 4 amide bonds. The summed E-state index contributed by atoms with van der Waals surface area (Å²) in [5, 5.41) is 5.86. The van der Waals surface area contributed by atoms with E-state index in [0.29, 0.717) is 5.02 Å². The van der Waals surface area contributed by atoms with Gasteiger partial charge in [0, 0.05) is 5.02 Å². The summed E-state index contributed by atoms with van der Waals surface area (Å²) in [5.41, 5.74) is -0.131. The molecular formula is C15H18ClN3O3. The fourth-order valence-electron chi connectivity index (χ4n) is 2.25. The van der Waals surface area contributed by atoms with Crippen molar-refractivity contribution in [2.45, 2.75) is 32.4 Å². The first kappa shape index (κ1) is 16.3. The second kappa shape index (κ2) is 5.96. The van der Waals surface area contributed by atoms with Crippen LogP contribution in [0.25, 0.3) is 0 Å². The summed E-state index contributed by atoms with van der Waals surface area (Å²) in [7, 11) is 0. The summed E-state index contributed by atoms with van der Waals surface area (Å²) in [6.45, 7) is 4.69. The van der Waals surface area contributed by atoms with Crippen molar-refractivity contribution in [1.29, 1.82) is 0 Å². The fourth-order valence-corrected chi connectivity index (χ4v) is 2.45. The van der Waals surface area contributed by atoms with Crippen LogP contribution in [0.5, 0.6) is 0 Å². The van der Waals surface area contributed by atoms with Crippen LogP contribution in [-0.4, -0.2) is 34.8 Å². The van der Waals surface area contributed by atoms with E-state index in [-0.39, 0.29) is 12.6 Å². The fraction of sp³-hybridized carbons (Fsp3) is 0.400. The number of hydrogen-bond donors (Lipinski definition) is 2. The number of benzene rings is 1. The van der Waals surface area contributed by atoms with Crippen LogP contribution in [0.15, 0.2) is 24.3 Å². The van der Waals surface area contributed by atoms with Gasteiger partial charge in [-0.1, -0.05) is 23.7 Å². The van der Waals surface area contributed by atoms with Gasteiger partial charge < -0.3 is 10.6 Å². The zero-order valence-corrected chi connectivity index (χ0v) is 13.4. The third kappa shape index (κ3) is 3.39. The molecule has 0 unspecified atom stereocenters. The molecule has 1 heterocycles. The second-order valence-electron chi connectivity index (χ2n) is 5.79. The molecule has 1 atom stereocenters. The number of nitrogens with one attached hydrogen (secondary N) is 2. The molecule has 2 rings (SSSR count). The third-order valence-electron chi connectivity index (χ3n) is 3.47. The van der Waals surface area contributed by atoms with E-state index in [9.17, 15) is 14.4 Å². The Kier molecular flexibility index (Phi) is 4.42. The van der Waals surface area contributed by atoms with Crippen molar-refractivity contribution in [3.8, 4) is 0 Å². The number of nitrogens with zero attached hydrogens (tertiary/aromatic N) is 1. The van der Waals surface area contributed by atoms with Gasteiger partial charge in [-0.05, 0) is 38.5 Å². The Hall–Kier alpha value is -2.08. The van der Waals surface area contributed by atoms with E-state index in [1.165, 1.54) is 0 Å². The van der Waals surface area contributed by atoms with Gasteiger partial charge in [-0.2, -0.15) is 0 Å². The van der Waals surface area contributed by atoms with Gasteiger partial charge in [0.15, 0.2) is 0 Å². The number of urea groups is 1. The molecule has 6 nitrogen and oxygen atoms in total. The Balaban J connectivity index is 1.99. The Morgan fingerprint density at radius 1 is 1.41 bits per heavy atom. The van der Waals surface area contributed by atoms with Crippen LogP contribution in [0.1, 0.15) is 32.4 Å². The highest BCUT2D eigenvalue weighted by atomic mass is 35.5. The maximum absolute atomic E-state index is 12.1. The highest BCUT2D eigenvalue weighted by Crippen LogP contribution is 2.18. The van der Waals surface area contributed by atoms with Crippen LogP contribution in [0.2, 0.25) is 5.02 Å². The van der Waals surface area contributed by atoms with Crippen molar-refractivity contribution in [3.63, 3.8) is 0 Å². The highest BCUT2D eigenvalue weighted by molar-refractivity contribution is 6.30. The van der Waals surface area contributed by atoms with Gasteiger partial charge in [-0.3, -0.25) is 14.5 Å². The Bertz CT molecular complexity index is 630. The molecule has 0 bridgehead atoms. The van der Waals surface area contributed by atoms with Crippen LogP contribution in [-0.2, 0) is 9.59 Å². The summed E-state index contributed by atoms with van der Waals surface area (Å²) in [4.78, 5) is 36.7. The Labute approximate surface area is 133 Å². The van der Waals surface area contributed by atoms with Gasteiger partial charge in [0.2, 0.25) is 5.91 Å². The zero-order chi connectivity index (χ0) is 16.5. The van der Waals surface area contributed by atoms with E-state index in [1.807, 2.05) is 6.07 Å². The largest absolute Gasteiger partial charge is 0.348 e. The molecule has 1 aliphatic heterocycles. The number of carbonyl (C=O) groups excluding carboxylic acids is 3. The van der Waals surface area contributed by atoms with Crippen LogP contribution in [0, 0.1) is 0 Å². The molecule has 0 radical (unpaired) electrons. The van der Waals surface area contributed by atoms with Crippen LogP contribution >= 0.6 is 11.6 Å². The lowest BCUT2D eigenvalue weighted by atomic mass is 10.1. The van der Waals surface area contributed by atoms with E-state index >= 15 is 0 Å². The van der Waals surface area contributed by atoms with Gasteiger partial charge in [-0.15, -0.1) is 0 Å². The first-order chi connectivity index (χ1) is 10.2. The first-order valence-corrected chi connectivity index (χ1v) is 7.27. The van der Waals surface area contributed by atoms with Gasteiger partial charge in [0.25, 0.3) is 5.91 Å².